The lowest BCUT2D eigenvalue weighted by Gasteiger charge is -2.02. The van der Waals surface area contributed by atoms with Gasteiger partial charge >= 0.3 is 0 Å². The molecule has 0 saturated heterocycles. The van der Waals surface area contributed by atoms with Crippen molar-refractivity contribution >= 4 is 11.6 Å². The topological polar surface area (TPSA) is 43.6 Å². The summed E-state index contributed by atoms with van der Waals surface area (Å²) in [7, 11) is 0. The maximum absolute atomic E-state index is 5.63. The van der Waals surface area contributed by atoms with Crippen molar-refractivity contribution in [1.29, 1.82) is 0 Å². The Morgan fingerprint density at radius 1 is 1.36 bits per heavy atom. The third-order valence-electron chi connectivity index (χ3n) is 1.91. The van der Waals surface area contributed by atoms with Crippen molar-refractivity contribution in [2.24, 2.45) is 0 Å². The smallest absolute Gasteiger partial charge is 0.147 e. The summed E-state index contributed by atoms with van der Waals surface area (Å²) in [6.45, 7) is 2.62. The van der Waals surface area contributed by atoms with Crippen molar-refractivity contribution in [3.63, 3.8) is 0 Å². The van der Waals surface area contributed by atoms with Crippen LogP contribution in [-0.4, -0.2) is 19.7 Å². The average molecular weight is 209 g/mol. The lowest BCUT2D eigenvalue weighted by atomic mass is 10.4. The van der Waals surface area contributed by atoms with Crippen LogP contribution in [0.4, 0.5) is 0 Å². The molecular formula is C9H9ClN4. The Bertz CT molecular complexity index is 421. The van der Waals surface area contributed by atoms with Gasteiger partial charge in [-0.2, -0.15) is 5.10 Å². The Kier molecular flexibility index (Phi) is 2.45. The van der Waals surface area contributed by atoms with Crippen molar-refractivity contribution < 1.29 is 0 Å². The normalized spacial score (nSPS) is 10.4. The van der Waals surface area contributed by atoms with E-state index in [9.17, 15) is 0 Å². The van der Waals surface area contributed by atoms with Crippen LogP contribution >= 0.6 is 11.6 Å². The zero-order valence-corrected chi connectivity index (χ0v) is 8.44. The molecule has 0 fully saturated rings. The van der Waals surface area contributed by atoms with Crippen LogP contribution in [0.15, 0.2) is 24.7 Å². The maximum atomic E-state index is 5.63. The first-order valence-corrected chi connectivity index (χ1v) is 4.58. The molecule has 0 amide bonds. The van der Waals surface area contributed by atoms with Crippen LogP contribution in [0.2, 0.25) is 5.15 Å². The van der Waals surface area contributed by atoms with Gasteiger partial charge in [0.05, 0.1) is 24.6 Å². The van der Waals surface area contributed by atoms with Crippen molar-refractivity contribution in [2.45, 2.75) is 13.5 Å². The van der Waals surface area contributed by atoms with Crippen LogP contribution in [0.3, 0.4) is 0 Å². The van der Waals surface area contributed by atoms with E-state index in [0.29, 0.717) is 11.7 Å². The van der Waals surface area contributed by atoms with Crippen LogP contribution in [-0.2, 0) is 6.54 Å². The minimum absolute atomic E-state index is 0.408. The zero-order chi connectivity index (χ0) is 9.97. The molecular weight excluding hydrogens is 200 g/mol. The average Bonchev–Trinajstić information content (AvgIpc) is 2.56. The molecule has 2 heterocycles. The van der Waals surface area contributed by atoms with E-state index in [0.717, 1.165) is 11.4 Å². The molecule has 2 aromatic heterocycles. The van der Waals surface area contributed by atoms with Gasteiger partial charge in [-0.05, 0) is 13.0 Å². The third kappa shape index (κ3) is 1.90. The minimum Gasteiger partial charge on any atom is -0.264 e. The Labute approximate surface area is 86.6 Å². The molecule has 0 aliphatic carbocycles. The molecule has 0 N–H and O–H groups in total. The Morgan fingerprint density at radius 2 is 2.21 bits per heavy atom. The highest BCUT2D eigenvalue weighted by atomic mass is 35.5. The van der Waals surface area contributed by atoms with E-state index < -0.39 is 0 Å². The second kappa shape index (κ2) is 3.75. The van der Waals surface area contributed by atoms with Crippen molar-refractivity contribution in [1.82, 2.24) is 19.7 Å². The Balaban J connectivity index is 2.19. The predicted octanol–water partition coefficient (Wildman–Crippen LogP) is 1.68. The van der Waals surface area contributed by atoms with E-state index in [1.165, 1.54) is 6.20 Å². The number of hydrogen-bond acceptors (Lipinski definition) is 3. The van der Waals surface area contributed by atoms with Gasteiger partial charge in [0, 0.05) is 11.9 Å². The molecule has 0 aromatic carbocycles. The standard InChI is InChI=1S/C9H9ClN4/c1-7-2-3-13-14(7)6-8-4-12-9(10)5-11-8/h2-5H,6H2,1H3. The van der Waals surface area contributed by atoms with Gasteiger partial charge in [0.15, 0.2) is 0 Å². The lowest BCUT2D eigenvalue weighted by molar-refractivity contribution is 0.650. The number of hydrogen-bond donors (Lipinski definition) is 0. The summed E-state index contributed by atoms with van der Waals surface area (Å²) >= 11 is 5.63. The monoisotopic (exact) mass is 208 g/mol. The van der Waals surface area contributed by atoms with Gasteiger partial charge in [-0.15, -0.1) is 0 Å². The first-order chi connectivity index (χ1) is 6.75. The fraction of sp³-hybridized carbons (Fsp3) is 0.222. The summed E-state index contributed by atoms with van der Waals surface area (Å²) in [6, 6.07) is 1.95. The highest BCUT2D eigenvalue weighted by molar-refractivity contribution is 6.29. The van der Waals surface area contributed by atoms with E-state index in [1.807, 2.05) is 17.7 Å². The molecule has 4 nitrogen and oxygen atoms in total. The fourth-order valence-corrected chi connectivity index (χ4v) is 1.24. The van der Waals surface area contributed by atoms with Gasteiger partial charge < -0.3 is 0 Å². The molecule has 72 valence electrons. The summed E-state index contributed by atoms with van der Waals surface area (Å²) in [5, 5.41) is 4.56. The third-order valence-corrected chi connectivity index (χ3v) is 2.11. The first kappa shape index (κ1) is 9.15. The first-order valence-electron chi connectivity index (χ1n) is 4.20. The van der Waals surface area contributed by atoms with Crippen LogP contribution < -0.4 is 0 Å². The van der Waals surface area contributed by atoms with Gasteiger partial charge in [-0.25, -0.2) is 4.98 Å². The summed E-state index contributed by atoms with van der Waals surface area (Å²) in [6.07, 6.45) is 4.96. The number of aromatic nitrogens is 4. The lowest BCUT2D eigenvalue weighted by Crippen LogP contribution is -2.05. The summed E-state index contributed by atoms with van der Waals surface area (Å²) in [5.74, 6) is 0. The van der Waals surface area contributed by atoms with E-state index in [-0.39, 0.29) is 0 Å². The summed E-state index contributed by atoms with van der Waals surface area (Å²) < 4.78 is 1.86. The Morgan fingerprint density at radius 3 is 2.79 bits per heavy atom. The number of nitrogens with zero attached hydrogens (tertiary/aromatic N) is 4. The SMILES string of the molecule is Cc1ccnn1Cc1cnc(Cl)cn1. The predicted molar refractivity (Wildman–Crippen MR) is 53.1 cm³/mol. The molecule has 14 heavy (non-hydrogen) atoms. The number of halogens is 1. The molecule has 0 radical (unpaired) electrons. The molecule has 0 aliphatic rings. The molecule has 2 aromatic rings. The quantitative estimate of drug-likeness (QED) is 0.754. The van der Waals surface area contributed by atoms with Gasteiger partial charge in [-0.3, -0.25) is 9.67 Å². The van der Waals surface area contributed by atoms with Gasteiger partial charge in [0.2, 0.25) is 0 Å². The fourth-order valence-electron chi connectivity index (χ4n) is 1.14. The van der Waals surface area contributed by atoms with E-state index in [2.05, 4.69) is 15.1 Å². The minimum atomic E-state index is 0.408. The largest absolute Gasteiger partial charge is 0.264 e. The van der Waals surface area contributed by atoms with Crippen LogP contribution in [0, 0.1) is 6.92 Å². The van der Waals surface area contributed by atoms with E-state index in [4.69, 9.17) is 11.6 Å². The maximum Gasteiger partial charge on any atom is 0.147 e. The molecule has 0 unspecified atom stereocenters. The van der Waals surface area contributed by atoms with Crippen molar-refractivity contribution in [3.05, 3.63) is 41.2 Å². The van der Waals surface area contributed by atoms with E-state index >= 15 is 0 Å². The number of aryl methyl sites for hydroxylation is 1. The summed E-state index contributed by atoms with van der Waals surface area (Å²) in [4.78, 5) is 8.09. The second-order valence-corrected chi connectivity index (χ2v) is 3.35. The molecule has 0 saturated carbocycles. The van der Waals surface area contributed by atoms with Gasteiger partial charge in [0.25, 0.3) is 0 Å². The van der Waals surface area contributed by atoms with Crippen LogP contribution in [0.1, 0.15) is 11.4 Å². The Hall–Kier alpha value is -1.42. The van der Waals surface area contributed by atoms with Gasteiger partial charge in [-0.1, -0.05) is 11.6 Å². The van der Waals surface area contributed by atoms with Crippen molar-refractivity contribution in [3.8, 4) is 0 Å². The second-order valence-electron chi connectivity index (χ2n) is 2.96. The van der Waals surface area contributed by atoms with Crippen LogP contribution in [0.25, 0.3) is 0 Å². The molecule has 0 bridgehead atoms. The molecule has 0 aliphatic heterocycles. The molecule has 2 rings (SSSR count). The highest BCUT2D eigenvalue weighted by Gasteiger charge is 2.00. The molecule has 5 heteroatoms. The highest BCUT2D eigenvalue weighted by Crippen LogP contribution is 2.04. The van der Waals surface area contributed by atoms with Crippen LogP contribution in [0.5, 0.6) is 0 Å². The zero-order valence-electron chi connectivity index (χ0n) is 7.68. The number of rotatable bonds is 2. The van der Waals surface area contributed by atoms with Gasteiger partial charge in [0.1, 0.15) is 5.15 Å². The molecule has 0 atom stereocenters. The summed E-state index contributed by atoms with van der Waals surface area (Å²) in [5.41, 5.74) is 1.95. The van der Waals surface area contributed by atoms with Crippen molar-refractivity contribution in [2.75, 3.05) is 0 Å². The van der Waals surface area contributed by atoms with E-state index in [1.54, 1.807) is 12.4 Å². The molecule has 0 spiro atoms.